The molecule has 3 aromatic heterocycles. The highest BCUT2D eigenvalue weighted by atomic mass is 32.2. The molecule has 0 radical (unpaired) electrons. The average molecular weight is 430 g/mol. The summed E-state index contributed by atoms with van der Waals surface area (Å²) in [6.07, 6.45) is 6.21. The van der Waals surface area contributed by atoms with Gasteiger partial charge in [0.05, 0.1) is 5.69 Å². The fourth-order valence-electron chi connectivity index (χ4n) is 4.65. The van der Waals surface area contributed by atoms with Crippen molar-refractivity contribution < 1.29 is 8.42 Å². The number of nitrogens with zero attached hydrogens (tertiary/aromatic N) is 7. The maximum Gasteiger partial charge on any atom is 0.262 e. The summed E-state index contributed by atoms with van der Waals surface area (Å²) in [5, 5.41) is 13.6. The van der Waals surface area contributed by atoms with Crippen LogP contribution in [0.15, 0.2) is 17.3 Å². The second-order valence-corrected chi connectivity index (χ2v) is 10.6. The lowest BCUT2D eigenvalue weighted by Crippen LogP contribution is -2.38. The van der Waals surface area contributed by atoms with Gasteiger partial charge in [-0.3, -0.25) is 0 Å². The molecule has 0 spiro atoms. The highest BCUT2D eigenvalue weighted by molar-refractivity contribution is 7.89. The SMILES string of the molecule is CC(C)c1nc(S(=O)(=O)N2CCC(c3nnc4cc5c(nn34)CCC5)CC2)cn1C. The number of aromatic nitrogens is 6. The highest BCUT2D eigenvalue weighted by Gasteiger charge is 2.34. The Morgan fingerprint density at radius 2 is 1.90 bits per heavy atom. The van der Waals surface area contributed by atoms with Crippen molar-refractivity contribution in [2.75, 3.05) is 13.1 Å². The lowest BCUT2D eigenvalue weighted by molar-refractivity contribution is 0.310. The molecule has 5 rings (SSSR count). The van der Waals surface area contributed by atoms with Gasteiger partial charge in [0, 0.05) is 38.2 Å². The Kier molecular flexibility index (Phi) is 4.66. The average Bonchev–Trinajstić information content (AvgIpc) is 3.44. The Morgan fingerprint density at radius 3 is 2.60 bits per heavy atom. The predicted octanol–water partition coefficient (Wildman–Crippen LogP) is 2.04. The number of rotatable bonds is 4. The minimum Gasteiger partial charge on any atom is -0.336 e. The molecule has 0 saturated carbocycles. The second kappa shape index (κ2) is 7.12. The molecular formula is C20H27N7O2S. The van der Waals surface area contributed by atoms with E-state index in [1.165, 1.54) is 5.56 Å². The van der Waals surface area contributed by atoms with Gasteiger partial charge in [-0.05, 0) is 43.7 Å². The summed E-state index contributed by atoms with van der Waals surface area (Å²) in [4.78, 5) is 4.40. The van der Waals surface area contributed by atoms with Crippen molar-refractivity contribution >= 4 is 15.7 Å². The molecule has 0 amide bonds. The molecule has 0 aromatic carbocycles. The zero-order valence-corrected chi connectivity index (χ0v) is 18.4. The first kappa shape index (κ1) is 19.6. The number of aryl methyl sites for hydroxylation is 3. The van der Waals surface area contributed by atoms with Crippen LogP contribution >= 0.6 is 0 Å². The van der Waals surface area contributed by atoms with Gasteiger partial charge in [0.1, 0.15) is 5.82 Å². The predicted molar refractivity (Wildman–Crippen MR) is 111 cm³/mol. The van der Waals surface area contributed by atoms with E-state index in [9.17, 15) is 8.42 Å². The summed E-state index contributed by atoms with van der Waals surface area (Å²) in [7, 11) is -1.76. The van der Waals surface area contributed by atoms with E-state index in [0.717, 1.165) is 42.3 Å². The molecule has 1 saturated heterocycles. The van der Waals surface area contributed by atoms with Gasteiger partial charge in [0.25, 0.3) is 10.0 Å². The Hall–Kier alpha value is -2.33. The van der Waals surface area contributed by atoms with Crippen molar-refractivity contribution in [3.63, 3.8) is 0 Å². The van der Waals surface area contributed by atoms with Crippen LogP contribution in [0.2, 0.25) is 0 Å². The number of hydrogen-bond acceptors (Lipinski definition) is 6. The first-order valence-corrected chi connectivity index (χ1v) is 12.1. The fourth-order valence-corrected chi connectivity index (χ4v) is 6.10. The molecule has 1 fully saturated rings. The largest absolute Gasteiger partial charge is 0.336 e. The molecular weight excluding hydrogens is 402 g/mol. The molecule has 1 aliphatic carbocycles. The van der Waals surface area contributed by atoms with Crippen LogP contribution in [0.1, 0.15) is 67.9 Å². The summed E-state index contributed by atoms with van der Waals surface area (Å²) in [6.45, 7) is 4.91. The highest BCUT2D eigenvalue weighted by Crippen LogP contribution is 2.31. The zero-order chi connectivity index (χ0) is 21.0. The quantitative estimate of drug-likeness (QED) is 0.629. The summed E-state index contributed by atoms with van der Waals surface area (Å²) < 4.78 is 31.4. The van der Waals surface area contributed by atoms with Gasteiger partial charge in [-0.2, -0.15) is 13.9 Å². The smallest absolute Gasteiger partial charge is 0.262 e. The van der Waals surface area contributed by atoms with Crippen LogP contribution in [-0.4, -0.2) is 55.2 Å². The van der Waals surface area contributed by atoms with E-state index in [4.69, 9.17) is 5.10 Å². The third-order valence-electron chi connectivity index (χ3n) is 6.27. The van der Waals surface area contributed by atoms with Crippen LogP contribution in [0.4, 0.5) is 0 Å². The molecule has 30 heavy (non-hydrogen) atoms. The number of imidazole rings is 1. The van der Waals surface area contributed by atoms with Crippen LogP contribution in [0, 0.1) is 0 Å². The Bertz CT molecular complexity index is 1200. The molecule has 160 valence electrons. The molecule has 1 aliphatic heterocycles. The van der Waals surface area contributed by atoms with Gasteiger partial charge < -0.3 is 4.57 Å². The van der Waals surface area contributed by atoms with Gasteiger partial charge in [0.15, 0.2) is 16.5 Å². The van der Waals surface area contributed by atoms with E-state index in [1.807, 2.05) is 25.4 Å². The van der Waals surface area contributed by atoms with Gasteiger partial charge in [-0.1, -0.05) is 13.8 Å². The van der Waals surface area contributed by atoms with Gasteiger partial charge >= 0.3 is 0 Å². The van der Waals surface area contributed by atoms with E-state index in [2.05, 4.69) is 21.2 Å². The molecule has 4 heterocycles. The third-order valence-corrected chi connectivity index (χ3v) is 8.04. The van der Waals surface area contributed by atoms with Crippen LogP contribution in [-0.2, 0) is 29.9 Å². The van der Waals surface area contributed by atoms with E-state index in [-0.39, 0.29) is 16.9 Å². The maximum atomic E-state index is 13.1. The summed E-state index contributed by atoms with van der Waals surface area (Å²) in [6, 6.07) is 2.10. The lowest BCUT2D eigenvalue weighted by atomic mass is 9.97. The van der Waals surface area contributed by atoms with Crippen molar-refractivity contribution in [3.05, 3.63) is 35.2 Å². The normalized spacial score (nSPS) is 18.5. The molecule has 0 atom stereocenters. The molecule has 10 heteroatoms. The van der Waals surface area contributed by atoms with E-state index in [0.29, 0.717) is 25.9 Å². The minimum absolute atomic E-state index is 0.136. The van der Waals surface area contributed by atoms with E-state index in [1.54, 1.807) is 15.1 Å². The monoisotopic (exact) mass is 429 g/mol. The Labute approximate surface area is 176 Å². The topological polar surface area (TPSA) is 98.3 Å². The van der Waals surface area contributed by atoms with Crippen molar-refractivity contribution in [3.8, 4) is 0 Å². The van der Waals surface area contributed by atoms with E-state index < -0.39 is 10.0 Å². The second-order valence-electron chi connectivity index (χ2n) is 8.68. The Morgan fingerprint density at radius 1 is 1.13 bits per heavy atom. The fraction of sp³-hybridized carbons (Fsp3) is 0.600. The number of hydrogen-bond donors (Lipinski definition) is 0. The molecule has 3 aromatic rings. The minimum atomic E-state index is -3.60. The van der Waals surface area contributed by atoms with Gasteiger partial charge in [0.2, 0.25) is 0 Å². The molecule has 2 aliphatic rings. The van der Waals surface area contributed by atoms with Gasteiger partial charge in [-0.15, -0.1) is 10.2 Å². The summed E-state index contributed by atoms with van der Waals surface area (Å²) >= 11 is 0. The first-order chi connectivity index (χ1) is 14.3. The van der Waals surface area contributed by atoms with Crippen molar-refractivity contribution in [2.24, 2.45) is 7.05 Å². The van der Waals surface area contributed by atoms with Crippen molar-refractivity contribution in [1.82, 2.24) is 33.7 Å². The maximum absolute atomic E-state index is 13.1. The first-order valence-electron chi connectivity index (χ1n) is 10.6. The van der Waals surface area contributed by atoms with Crippen LogP contribution in [0.5, 0.6) is 0 Å². The third kappa shape index (κ3) is 3.13. The summed E-state index contributed by atoms with van der Waals surface area (Å²) in [5.74, 6) is 1.93. The standard InChI is InChI=1S/C20H27N7O2S/c1-13(2)19-21-18(12-25(19)3)30(28,29)26-9-7-14(8-10-26)20-23-22-17-11-15-5-4-6-16(15)24-27(17)20/h11-14H,4-10H2,1-3H3. The van der Waals surface area contributed by atoms with Crippen LogP contribution in [0.25, 0.3) is 5.65 Å². The molecule has 9 nitrogen and oxygen atoms in total. The van der Waals surface area contributed by atoms with Crippen LogP contribution in [0.3, 0.4) is 0 Å². The van der Waals surface area contributed by atoms with Crippen molar-refractivity contribution in [2.45, 2.75) is 62.8 Å². The van der Waals surface area contributed by atoms with Crippen molar-refractivity contribution in [1.29, 1.82) is 0 Å². The molecule has 0 unspecified atom stereocenters. The molecule has 0 N–H and O–H groups in total. The Balaban J connectivity index is 1.35. The summed E-state index contributed by atoms with van der Waals surface area (Å²) in [5.41, 5.74) is 3.20. The number of piperidine rings is 1. The number of sulfonamides is 1. The van der Waals surface area contributed by atoms with Gasteiger partial charge in [-0.25, -0.2) is 13.4 Å². The van der Waals surface area contributed by atoms with E-state index >= 15 is 0 Å². The molecule has 0 bridgehead atoms. The van der Waals surface area contributed by atoms with Crippen LogP contribution < -0.4 is 0 Å². The number of fused-ring (bicyclic) bond motifs is 2. The zero-order valence-electron chi connectivity index (χ0n) is 17.6. The lowest BCUT2D eigenvalue weighted by Gasteiger charge is -2.29.